The Labute approximate surface area is 112 Å². The minimum Gasteiger partial charge on any atom is -0.478 e. The molecule has 0 spiro atoms. The lowest BCUT2D eigenvalue weighted by atomic mass is 10.1. The highest BCUT2D eigenvalue weighted by molar-refractivity contribution is 5.87. The highest BCUT2D eigenvalue weighted by Crippen LogP contribution is 2.23. The summed E-state index contributed by atoms with van der Waals surface area (Å²) in [6, 6.07) is 4.25. The molecule has 0 saturated carbocycles. The number of halogens is 1. The fourth-order valence-corrected chi connectivity index (χ4v) is 1.77. The molecule has 0 aliphatic rings. The second-order valence-corrected chi connectivity index (χ2v) is 4.00. The SMILES string of the molecule is C#CCN(CCC)c1ccc(F)cc1/C=C/C(=O)O. The number of nitrogens with zero attached hydrogens (tertiary/aromatic N) is 1. The molecule has 0 aromatic heterocycles. The van der Waals surface area contributed by atoms with E-state index in [4.69, 9.17) is 11.5 Å². The number of rotatable bonds is 6. The normalized spacial score (nSPS) is 10.4. The van der Waals surface area contributed by atoms with E-state index in [0.717, 1.165) is 24.7 Å². The zero-order chi connectivity index (χ0) is 14.3. The zero-order valence-corrected chi connectivity index (χ0v) is 10.8. The Morgan fingerprint density at radius 1 is 1.58 bits per heavy atom. The van der Waals surface area contributed by atoms with Crippen LogP contribution in [0.4, 0.5) is 10.1 Å². The van der Waals surface area contributed by atoms with E-state index in [1.807, 2.05) is 11.8 Å². The molecule has 0 aliphatic carbocycles. The van der Waals surface area contributed by atoms with Crippen LogP contribution in [0.3, 0.4) is 0 Å². The number of hydrogen-bond acceptors (Lipinski definition) is 2. The summed E-state index contributed by atoms with van der Waals surface area (Å²) in [6.45, 7) is 3.14. The average molecular weight is 261 g/mol. The van der Waals surface area contributed by atoms with Gasteiger partial charge in [-0.2, -0.15) is 0 Å². The van der Waals surface area contributed by atoms with Crippen molar-refractivity contribution in [3.05, 3.63) is 35.7 Å². The van der Waals surface area contributed by atoms with Gasteiger partial charge in [-0.15, -0.1) is 6.42 Å². The van der Waals surface area contributed by atoms with E-state index < -0.39 is 11.8 Å². The van der Waals surface area contributed by atoms with Gasteiger partial charge in [0.2, 0.25) is 0 Å². The summed E-state index contributed by atoms with van der Waals surface area (Å²) in [5.41, 5.74) is 1.24. The lowest BCUT2D eigenvalue weighted by Gasteiger charge is -2.23. The van der Waals surface area contributed by atoms with E-state index in [9.17, 15) is 9.18 Å². The maximum absolute atomic E-state index is 13.3. The molecule has 0 heterocycles. The summed E-state index contributed by atoms with van der Waals surface area (Å²) >= 11 is 0. The smallest absolute Gasteiger partial charge is 0.328 e. The Morgan fingerprint density at radius 2 is 2.32 bits per heavy atom. The lowest BCUT2D eigenvalue weighted by Crippen LogP contribution is -2.25. The molecule has 0 atom stereocenters. The van der Waals surface area contributed by atoms with Crippen molar-refractivity contribution in [2.24, 2.45) is 0 Å². The first-order chi connectivity index (χ1) is 9.08. The molecule has 0 radical (unpaired) electrons. The number of carbonyl (C=O) groups is 1. The van der Waals surface area contributed by atoms with Crippen molar-refractivity contribution in [2.75, 3.05) is 18.0 Å². The predicted octanol–water partition coefficient (Wildman–Crippen LogP) is 2.77. The van der Waals surface area contributed by atoms with Gasteiger partial charge in [0.05, 0.1) is 6.54 Å². The van der Waals surface area contributed by atoms with Crippen LogP contribution in [-0.4, -0.2) is 24.2 Å². The van der Waals surface area contributed by atoms with Gasteiger partial charge in [0.15, 0.2) is 0 Å². The van der Waals surface area contributed by atoms with E-state index in [1.165, 1.54) is 18.2 Å². The van der Waals surface area contributed by atoms with Crippen molar-refractivity contribution in [1.29, 1.82) is 0 Å². The standard InChI is InChI=1S/C15H16FNO2/c1-3-9-17(10-4-2)14-7-6-13(16)11-12(14)5-8-15(18)19/h1,5-8,11H,4,9-10H2,2H3,(H,18,19)/b8-5+. The minimum absolute atomic E-state index is 0.396. The first-order valence-corrected chi connectivity index (χ1v) is 5.97. The van der Waals surface area contributed by atoms with Crippen LogP contribution in [0.15, 0.2) is 24.3 Å². The first kappa shape index (κ1) is 14.8. The van der Waals surface area contributed by atoms with Gasteiger partial charge in [0.25, 0.3) is 0 Å². The first-order valence-electron chi connectivity index (χ1n) is 5.97. The Balaban J connectivity index is 3.17. The van der Waals surface area contributed by atoms with Crippen molar-refractivity contribution in [2.45, 2.75) is 13.3 Å². The van der Waals surface area contributed by atoms with Crippen LogP contribution in [0.25, 0.3) is 6.08 Å². The van der Waals surface area contributed by atoms with Gasteiger partial charge < -0.3 is 10.0 Å². The molecule has 0 unspecified atom stereocenters. The van der Waals surface area contributed by atoms with Gasteiger partial charge >= 0.3 is 5.97 Å². The fourth-order valence-electron chi connectivity index (χ4n) is 1.77. The van der Waals surface area contributed by atoms with Crippen LogP contribution in [0, 0.1) is 18.2 Å². The molecule has 0 amide bonds. The van der Waals surface area contributed by atoms with Crippen molar-refractivity contribution in [1.82, 2.24) is 0 Å². The molecule has 3 nitrogen and oxygen atoms in total. The number of carboxylic acids is 1. The molecule has 19 heavy (non-hydrogen) atoms. The Kier molecular flexibility index (Phi) is 5.62. The van der Waals surface area contributed by atoms with Crippen LogP contribution in [0.1, 0.15) is 18.9 Å². The van der Waals surface area contributed by atoms with E-state index in [2.05, 4.69) is 5.92 Å². The van der Waals surface area contributed by atoms with Crippen LogP contribution < -0.4 is 4.90 Å². The molecule has 1 rings (SSSR count). The largest absolute Gasteiger partial charge is 0.478 e. The molecule has 0 fully saturated rings. The highest BCUT2D eigenvalue weighted by atomic mass is 19.1. The van der Waals surface area contributed by atoms with Gasteiger partial charge in [-0.05, 0) is 30.7 Å². The van der Waals surface area contributed by atoms with E-state index in [0.29, 0.717) is 12.1 Å². The van der Waals surface area contributed by atoms with Crippen molar-refractivity contribution in [3.8, 4) is 12.3 Å². The summed E-state index contributed by atoms with van der Waals surface area (Å²) in [7, 11) is 0. The van der Waals surface area contributed by atoms with Gasteiger partial charge in [-0.25, -0.2) is 9.18 Å². The minimum atomic E-state index is -1.07. The average Bonchev–Trinajstić information content (AvgIpc) is 2.36. The summed E-state index contributed by atoms with van der Waals surface area (Å²) in [5.74, 6) is 1.06. The third-order valence-electron chi connectivity index (χ3n) is 2.51. The lowest BCUT2D eigenvalue weighted by molar-refractivity contribution is -0.131. The molecule has 0 bridgehead atoms. The molecule has 0 aliphatic heterocycles. The van der Waals surface area contributed by atoms with Crippen molar-refractivity contribution >= 4 is 17.7 Å². The second kappa shape index (κ2) is 7.22. The summed E-state index contributed by atoms with van der Waals surface area (Å²) in [6.07, 6.45) is 8.57. The molecular formula is C15H16FNO2. The predicted molar refractivity (Wildman–Crippen MR) is 74.4 cm³/mol. The van der Waals surface area contributed by atoms with Crippen LogP contribution >= 0.6 is 0 Å². The fraction of sp³-hybridized carbons (Fsp3) is 0.267. The van der Waals surface area contributed by atoms with Gasteiger partial charge in [-0.1, -0.05) is 12.8 Å². The maximum Gasteiger partial charge on any atom is 0.328 e. The number of aliphatic carboxylic acids is 1. The number of carboxylic acid groups (broad SMARTS) is 1. The third kappa shape index (κ3) is 4.47. The molecule has 100 valence electrons. The van der Waals surface area contributed by atoms with E-state index in [-0.39, 0.29) is 0 Å². The summed E-state index contributed by atoms with van der Waals surface area (Å²) in [5, 5.41) is 8.65. The number of anilines is 1. The number of benzene rings is 1. The van der Waals surface area contributed by atoms with Gasteiger partial charge in [-0.3, -0.25) is 0 Å². The zero-order valence-electron chi connectivity index (χ0n) is 10.8. The summed E-state index contributed by atoms with van der Waals surface area (Å²) in [4.78, 5) is 12.5. The third-order valence-corrected chi connectivity index (χ3v) is 2.51. The van der Waals surface area contributed by atoms with Crippen LogP contribution in [-0.2, 0) is 4.79 Å². The van der Waals surface area contributed by atoms with Gasteiger partial charge in [0, 0.05) is 23.9 Å². The van der Waals surface area contributed by atoms with Crippen molar-refractivity contribution < 1.29 is 14.3 Å². The maximum atomic E-state index is 13.3. The second-order valence-electron chi connectivity index (χ2n) is 4.00. The molecule has 1 aromatic carbocycles. The van der Waals surface area contributed by atoms with Crippen LogP contribution in [0.5, 0.6) is 0 Å². The number of terminal acetylenes is 1. The van der Waals surface area contributed by atoms with Crippen molar-refractivity contribution in [3.63, 3.8) is 0 Å². The Hall–Kier alpha value is -2.28. The monoisotopic (exact) mass is 261 g/mol. The van der Waals surface area contributed by atoms with E-state index >= 15 is 0 Å². The molecule has 0 saturated heterocycles. The summed E-state index contributed by atoms with van der Waals surface area (Å²) < 4.78 is 13.3. The molecule has 1 aromatic rings. The molecule has 4 heteroatoms. The Morgan fingerprint density at radius 3 is 2.89 bits per heavy atom. The molecular weight excluding hydrogens is 245 g/mol. The molecule has 1 N–H and O–H groups in total. The van der Waals surface area contributed by atoms with E-state index in [1.54, 1.807) is 6.07 Å². The van der Waals surface area contributed by atoms with Gasteiger partial charge in [0.1, 0.15) is 5.82 Å². The topological polar surface area (TPSA) is 40.5 Å². The highest BCUT2D eigenvalue weighted by Gasteiger charge is 2.09. The quantitative estimate of drug-likeness (QED) is 0.632. The number of hydrogen-bond donors (Lipinski definition) is 1. The van der Waals surface area contributed by atoms with Crippen LogP contribution in [0.2, 0.25) is 0 Å². The Bertz CT molecular complexity index is 517.